The molecule has 0 bridgehead atoms. The van der Waals surface area contributed by atoms with E-state index in [0.717, 1.165) is 16.8 Å². The maximum absolute atomic E-state index is 14.3. The van der Waals surface area contributed by atoms with Crippen molar-refractivity contribution in [2.75, 3.05) is 12.4 Å². The van der Waals surface area contributed by atoms with Crippen molar-refractivity contribution in [1.29, 1.82) is 0 Å². The van der Waals surface area contributed by atoms with E-state index in [1.807, 2.05) is 17.7 Å². The van der Waals surface area contributed by atoms with Crippen molar-refractivity contribution >= 4 is 33.1 Å². The molecular formula is C19H20FN3O2S. The third-order valence-electron chi connectivity index (χ3n) is 4.64. The van der Waals surface area contributed by atoms with Crippen LogP contribution in [0.4, 0.5) is 10.2 Å². The minimum Gasteiger partial charge on any atom is -0.380 e. The van der Waals surface area contributed by atoms with Crippen molar-refractivity contribution in [3.05, 3.63) is 46.2 Å². The van der Waals surface area contributed by atoms with Gasteiger partial charge in [0.2, 0.25) is 0 Å². The number of aromatic nitrogens is 2. The maximum Gasteiger partial charge on any atom is 0.267 e. The van der Waals surface area contributed by atoms with Gasteiger partial charge in [-0.2, -0.15) is 5.10 Å². The summed E-state index contributed by atoms with van der Waals surface area (Å²) < 4.78 is 22.1. The fourth-order valence-electron chi connectivity index (χ4n) is 3.12. The van der Waals surface area contributed by atoms with Crippen LogP contribution in [0.1, 0.15) is 33.6 Å². The molecule has 0 saturated heterocycles. The Bertz CT molecular complexity index is 975. The lowest BCUT2D eigenvalue weighted by Crippen LogP contribution is -2.17. The molecule has 1 aliphatic carbocycles. The van der Waals surface area contributed by atoms with Crippen molar-refractivity contribution in [3.8, 4) is 0 Å². The Balaban J connectivity index is 1.69. The molecule has 26 heavy (non-hydrogen) atoms. The molecule has 3 aromatic rings. The van der Waals surface area contributed by atoms with Crippen LogP contribution in [0.15, 0.2) is 24.4 Å². The smallest absolute Gasteiger partial charge is 0.267 e. The van der Waals surface area contributed by atoms with Gasteiger partial charge in [0.15, 0.2) is 0 Å². The molecule has 0 spiro atoms. The summed E-state index contributed by atoms with van der Waals surface area (Å²) in [6.07, 6.45) is 4.18. The molecule has 4 rings (SSSR count). The number of carbonyl (C=O) groups is 1. The zero-order valence-electron chi connectivity index (χ0n) is 14.7. The van der Waals surface area contributed by atoms with Gasteiger partial charge in [0, 0.05) is 34.9 Å². The van der Waals surface area contributed by atoms with E-state index >= 15 is 0 Å². The van der Waals surface area contributed by atoms with Gasteiger partial charge in [0.1, 0.15) is 11.6 Å². The van der Waals surface area contributed by atoms with Crippen molar-refractivity contribution in [2.24, 2.45) is 5.92 Å². The Morgan fingerprint density at radius 2 is 2.27 bits per heavy atom. The molecule has 1 aliphatic rings. The second-order valence-corrected chi connectivity index (χ2v) is 7.76. The quantitative estimate of drug-likeness (QED) is 0.699. The van der Waals surface area contributed by atoms with E-state index in [2.05, 4.69) is 10.4 Å². The van der Waals surface area contributed by atoms with Gasteiger partial charge in [0.05, 0.1) is 17.7 Å². The number of methoxy groups -OCH3 is 1. The van der Waals surface area contributed by atoms with Gasteiger partial charge in [-0.3, -0.25) is 4.79 Å². The largest absolute Gasteiger partial charge is 0.380 e. The summed E-state index contributed by atoms with van der Waals surface area (Å²) in [5.74, 6) is 0.772. The van der Waals surface area contributed by atoms with E-state index in [-0.39, 0.29) is 18.3 Å². The maximum atomic E-state index is 14.3. The van der Waals surface area contributed by atoms with Gasteiger partial charge >= 0.3 is 0 Å². The highest BCUT2D eigenvalue weighted by Gasteiger charge is 2.25. The Hall–Kier alpha value is -2.25. The number of rotatable bonds is 6. The van der Waals surface area contributed by atoms with Gasteiger partial charge in [-0.25, -0.2) is 9.07 Å². The van der Waals surface area contributed by atoms with Crippen LogP contribution in [0.25, 0.3) is 10.1 Å². The van der Waals surface area contributed by atoms with Crippen LogP contribution in [-0.4, -0.2) is 22.8 Å². The third kappa shape index (κ3) is 3.12. The first-order chi connectivity index (χ1) is 12.6. The Morgan fingerprint density at radius 1 is 1.46 bits per heavy atom. The fourth-order valence-corrected chi connectivity index (χ4v) is 4.24. The molecular weight excluding hydrogens is 353 g/mol. The summed E-state index contributed by atoms with van der Waals surface area (Å²) >= 11 is 1.28. The average Bonchev–Trinajstić information content (AvgIpc) is 3.27. The number of anilines is 1. The highest BCUT2D eigenvalue weighted by Crippen LogP contribution is 2.35. The molecule has 1 aromatic carbocycles. The van der Waals surface area contributed by atoms with E-state index in [0.29, 0.717) is 27.6 Å². The first kappa shape index (κ1) is 17.2. The number of amides is 1. The molecule has 5 nitrogen and oxygen atoms in total. The predicted octanol–water partition coefficient (Wildman–Crippen LogP) is 4.35. The minimum absolute atomic E-state index is 0.185. The standard InChI is InChI=1S/C19H20FN3O2S/c1-11-8-21-23(9-12-6-7-12)18(11)22-19(24)17-13(10-25-2)16-14(20)4-3-5-15(16)26-17/h3-5,8,12H,6-7,9-10H2,1-2H3,(H,22,24). The van der Waals surface area contributed by atoms with Crippen LogP contribution in [0.3, 0.4) is 0 Å². The Labute approximate surface area is 154 Å². The lowest BCUT2D eigenvalue weighted by Gasteiger charge is -2.10. The van der Waals surface area contributed by atoms with E-state index in [9.17, 15) is 9.18 Å². The SMILES string of the molecule is COCc1c(C(=O)Nc2c(C)cnn2CC2CC2)sc2cccc(F)c12. The summed E-state index contributed by atoms with van der Waals surface area (Å²) in [7, 11) is 1.54. The molecule has 1 amide bonds. The summed E-state index contributed by atoms with van der Waals surface area (Å²) in [5.41, 5.74) is 1.51. The number of thiophene rings is 1. The number of ether oxygens (including phenoxy) is 1. The zero-order valence-corrected chi connectivity index (χ0v) is 15.5. The summed E-state index contributed by atoms with van der Waals surface area (Å²) in [6, 6.07) is 4.88. The van der Waals surface area contributed by atoms with Crippen LogP contribution < -0.4 is 5.32 Å². The monoisotopic (exact) mass is 373 g/mol. The zero-order chi connectivity index (χ0) is 18.3. The van der Waals surface area contributed by atoms with Crippen LogP contribution in [-0.2, 0) is 17.9 Å². The van der Waals surface area contributed by atoms with Crippen molar-refractivity contribution < 1.29 is 13.9 Å². The molecule has 0 aliphatic heterocycles. The van der Waals surface area contributed by atoms with Gasteiger partial charge in [-0.05, 0) is 37.8 Å². The number of carbonyl (C=O) groups excluding carboxylic acids is 1. The topological polar surface area (TPSA) is 56.1 Å². The number of hydrogen-bond donors (Lipinski definition) is 1. The molecule has 136 valence electrons. The molecule has 1 N–H and O–H groups in total. The molecule has 7 heteroatoms. The number of aryl methyl sites for hydroxylation is 1. The molecule has 1 saturated carbocycles. The number of halogens is 1. The molecule has 1 fully saturated rings. The second kappa shape index (κ2) is 6.81. The number of hydrogen-bond acceptors (Lipinski definition) is 4. The van der Waals surface area contributed by atoms with E-state index in [1.54, 1.807) is 19.4 Å². The number of fused-ring (bicyclic) bond motifs is 1. The van der Waals surface area contributed by atoms with Crippen LogP contribution in [0, 0.1) is 18.7 Å². The van der Waals surface area contributed by atoms with E-state index in [1.165, 1.54) is 30.2 Å². The van der Waals surface area contributed by atoms with Gasteiger partial charge < -0.3 is 10.1 Å². The second-order valence-electron chi connectivity index (χ2n) is 6.71. The van der Waals surface area contributed by atoms with Gasteiger partial charge in [-0.15, -0.1) is 11.3 Å². The van der Waals surface area contributed by atoms with Crippen LogP contribution in [0.5, 0.6) is 0 Å². The van der Waals surface area contributed by atoms with Crippen LogP contribution in [0.2, 0.25) is 0 Å². The van der Waals surface area contributed by atoms with Crippen molar-refractivity contribution in [1.82, 2.24) is 9.78 Å². The van der Waals surface area contributed by atoms with Crippen LogP contribution >= 0.6 is 11.3 Å². The predicted molar refractivity (Wildman–Crippen MR) is 100 cm³/mol. The third-order valence-corrected chi connectivity index (χ3v) is 5.84. The Kier molecular flexibility index (Phi) is 4.50. The highest BCUT2D eigenvalue weighted by atomic mass is 32.1. The minimum atomic E-state index is -0.334. The van der Waals surface area contributed by atoms with Gasteiger partial charge in [-0.1, -0.05) is 6.07 Å². The first-order valence-electron chi connectivity index (χ1n) is 8.61. The molecule has 0 atom stereocenters. The number of benzene rings is 1. The van der Waals surface area contributed by atoms with E-state index < -0.39 is 0 Å². The molecule has 0 radical (unpaired) electrons. The van der Waals surface area contributed by atoms with Gasteiger partial charge in [0.25, 0.3) is 5.91 Å². The first-order valence-corrected chi connectivity index (χ1v) is 9.42. The van der Waals surface area contributed by atoms with E-state index in [4.69, 9.17) is 4.74 Å². The lowest BCUT2D eigenvalue weighted by atomic mass is 10.1. The highest BCUT2D eigenvalue weighted by molar-refractivity contribution is 7.21. The average molecular weight is 373 g/mol. The molecule has 2 aromatic heterocycles. The number of nitrogens with zero attached hydrogens (tertiary/aromatic N) is 2. The summed E-state index contributed by atoms with van der Waals surface area (Å²) in [6.45, 7) is 2.92. The molecule has 2 heterocycles. The Morgan fingerprint density at radius 3 is 3.00 bits per heavy atom. The lowest BCUT2D eigenvalue weighted by molar-refractivity contribution is 0.102. The number of nitrogens with one attached hydrogen (secondary N) is 1. The molecule has 0 unspecified atom stereocenters. The summed E-state index contributed by atoms with van der Waals surface area (Å²) in [5, 5.41) is 7.83. The van der Waals surface area contributed by atoms with Crippen molar-refractivity contribution in [3.63, 3.8) is 0 Å². The normalized spacial score (nSPS) is 14.1. The summed E-state index contributed by atoms with van der Waals surface area (Å²) in [4.78, 5) is 13.5. The van der Waals surface area contributed by atoms with Crippen molar-refractivity contribution in [2.45, 2.75) is 32.9 Å². The fraction of sp³-hybridized carbons (Fsp3) is 0.368.